The summed E-state index contributed by atoms with van der Waals surface area (Å²) in [6, 6.07) is 4.46. The molecule has 0 radical (unpaired) electrons. The second-order valence-electron chi connectivity index (χ2n) is 6.13. The molecule has 1 unspecified atom stereocenters. The molecule has 1 aromatic heterocycles. The van der Waals surface area contributed by atoms with E-state index in [1.165, 1.54) is 17.5 Å². The van der Waals surface area contributed by atoms with Crippen molar-refractivity contribution in [2.75, 3.05) is 11.9 Å². The van der Waals surface area contributed by atoms with Crippen LogP contribution >= 0.6 is 11.3 Å². The minimum absolute atomic E-state index is 0.00679. The Morgan fingerprint density at radius 1 is 1.33 bits per heavy atom. The van der Waals surface area contributed by atoms with Crippen molar-refractivity contribution < 1.29 is 39.5 Å². The van der Waals surface area contributed by atoms with Gasteiger partial charge in [0.25, 0.3) is 5.91 Å². The zero-order valence-corrected chi connectivity index (χ0v) is 15.9. The molecule has 0 aliphatic carbocycles. The van der Waals surface area contributed by atoms with Gasteiger partial charge in [0.2, 0.25) is 0 Å². The lowest BCUT2D eigenvalue weighted by atomic mass is 9.72. The Bertz CT molecular complexity index is 1030. The quantitative estimate of drug-likeness (QED) is 0.145. The van der Waals surface area contributed by atoms with Gasteiger partial charge in [0.05, 0.1) is 11.5 Å². The highest BCUT2D eigenvalue weighted by molar-refractivity contribution is 7.14. The third kappa shape index (κ3) is 4.50. The van der Waals surface area contributed by atoms with Gasteiger partial charge in [-0.25, -0.2) is 9.78 Å². The molecule has 156 valence electrons. The minimum atomic E-state index is -1.54. The van der Waals surface area contributed by atoms with Crippen molar-refractivity contribution >= 4 is 47.1 Å². The Kier molecular flexibility index (Phi) is 6.18. The molecule has 2 aromatic rings. The number of nitrogens with one attached hydrogen (secondary N) is 2. The molecule has 2 heterocycles. The van der Waals surface area contributed by atoms with Gasteiger partial charge in [0.1, 0.15) is 18.0 Å². The standard InChI is InChI=1S/C16H15BN4O8S/c22-11(23)5-18-16-19-9(6-30-16)12(21-28)14(24)20-10-4-7-2-1-3-8(15(25)26)13(7)29-17(10)27/h1-3,6,10,27-28H,4-5H2,(H,18,19)(H,20,24)(H,22,23)(H,25,26). The van der Waals surface area contributed by atoms with E-state index >= 15 is 0 Å². The van der Waals surface area contributed by atoms with E-state index in [-0.39, 0.29) is 35.1 Å². The third-order valence-electron chi connectivity index (χ3n) is 4.12. The maximum absolute atomic E-state index is 12.5. The molecule has 14 heteroatoms. The van der Waals surface area contributed by atoms with E-state index < -0.39 is 36.6 Å². The highest BCUT2D eigenvalue weighted by Crippen LogP contribution is 2.30. The van der Waals surface area contributed by atoms with Crippen LogP contribution in [0.25, 0.3) is 0 Å². The van der Waals surface area contributed by atoms with Crippen LogP contribution in [0, 0.1) is 0 Å². The van der Waals surface area contributed by atoms with Crippen LogP contribution < -0.4 is 15.3 Å². The van der Waals surface area contributed by atoms with E-state index in [0.29, 0.717) is 5.56 Å². The Balaban J connectivity index is 1.73. The normalized spacial score (nSPS) is 15.7. The Morgan fingerprint density at radius 3 is 2.77 bits per heavy atom. The zero-order valence-electron chi connectivity index (χ0n) is 15.1. The molecule has 1 amide bonds. The molecule has 6 N–H and O–H groups in total. The number of aliphatic carboxylic acids is 1. The number of carbonyl (C=O) groups is 3. The number of hydrogen-bond donors (Lipinski definition) is 6. The second kappa shape index (κ2) is 8.79. The number of aromatic carboxylic acids is 1. The third-order valence-corrected chi connectivity index (χ3v) is 4.92. The average Bonchev–Trinajstić information content (AvgIpc) is 3.15. The first-order valence-corrected chi connectivity index (χ1v) is 9.32. The summed E-state index contributed by atoms with van der Waals surface area (Å²) in [5.41, 5.74) is -0.0980. The van der Waals surface area contributed by atoms with Gasteiger partial charge in [-0.3, -0.25) is 9.59 Å². The van der Waals surface area contributed by atoms with Crippen LogP contribution in [-0.4, -0.2) is 68.6 Å². The molecule has 0 fully saturated rings. The lowest BCUT2D eigenvalue weighted by Gasteiger charge is -2.28. The number of nitrogens with zero attached hydrogens (tertiary/aromatic N) is 2. The zero-order chi connectivity index (χ0) is 21.8. The summed E-state index contributed by atoms with van der Waals surface area (Å²) >= 11 is 1.01. The van der Waals surface area contributed by atoms with E-state index in [9.17, 15) is 29.7 Å². The molecule has 1 aliphatic rings. The number of carbonyl (C=O) groups excluding carboxylic acids is 1. The molecule has 0 spiro atoms. The van der Waals surface area contributed by atoms with Crippen molar-refractivity contribution in [3.05, 3.63) is 40.4 Å². The summed E-state index contributed by atoms with van der Waals surface area (Å²) in [4.78, 5) is 38.4. The number of carboxylic acids is 2. The van der Waals surface area contributed by atoms with Crippen LogP contribution in [0.3, 0.4) is 0 Å². The molecule has 1 atom stereocenters. The maximum atomic E-state index is 12.5. The highest BCUT2D eigenvalue weighted by Gasteiger charge is 2.38. The number of thiazole rings is 1. The number of aromatic nitrogens is 1. The number of oxime groups is 1. The fourth-order valence-electron chi connectivity index (χ4n) is 2.78. The lowest BCUT2D eigenvalue weighted by Crippen LogP contribution is -2.54. The topological polar surface area (TPSA) is 191 Å². The monoisotopic (exact) mass is 434 g/mol. The predicted molar refractivity (Wildman–Crippen MR) is 104 cm³/mol. The van der Waals surface area contributed by atoms with Crippen molar-refractivity contribution in [1.29, 1.82) is 0 Å². The van der Waals surface area contributed by atoms with Crippen molar-refractivity contribution in [1.82, 2.24) is 10.3 Å². The molecule has 0 saturated carbocycles. The molecule has 0 saturated heterocycles. The number of para-hydroxylation sites is 1. The largest absolute Gasteiger partial charge is 0.547 e. The van der Waals surface area contributed by atoms with Gasteiger partial charge >= 0.3 is 19.1 Å². The van der Waals surface area contributed by atoms with Gasteiger partial charge < -0.3 is 35.7 Å². The van der Waals surface area contributed by atoms with E-state index in [4.69, 9.17) is 9.76 Å². The van der Waals surface area contributed by atoms with E-state index in [1.807, 2.05) is 0 Å². The number of carboxylic acid groups (broad SMARTS) is 2. The van der Waals surface area contributed by atoms with Gasteiger partial charge in [-0.05, 0) is 18.1 Å². The molecule has 30 heavy (non-hydrogen) atoms. The molecule has 1 aliphatic heterocycles. The van der Waals surface area contributed by atoms with Crippen molar-refractivity contribution in [2.24, 2.45) is 5.16 Å². The van der Waals surface area contributed by atoms with E-state index in [0.717, 1.165) is 11.3 Å². The molecule has 1 aromatic carbocycles. The van der Waals surface area contributed by atoms with Crippen LogP contribution in [0.1, 0.15) is 21.6 Å². The summed E-state index contributed by atoms with van der Waals surface area (Å²) in [6.07, 6.45) is 0.0740. The highest BCUT2D eigenvalue weighted by atomic mass is 32.1. The second-order valence-corrected chi connectivity index (χ2v) is 6.98. The lowest BCUT2D eigenvalue weighted by molar-refractivity contribution is -0.135. The minimum Gasteiger partial charge on any atom is -0.534 e. The average molecular weight is 434 g/mol. The first-order chi connectivity index (χ1) is 14.3. The number of rotatable bonds is 7. The summed E-state index contributed by atoms with van der Waals surface area (Å²) in [5, 5.41) is 46.9. The number of amides is 1. The summed E-state index contributed by atoms with van der Waals surface area (Å²) < 4.78 is 5.29. The number of fused-ring (bicyclic) bond motifs is 1. The van der Waals surface area contributed by atoms with Crippen molar-refractivity contribution in [3.8, 4) is 5.75 Å². The molecule has 3 rings (SSSR count). The number of benzene rings is 1. The number of anilines is 1. The van der Waals surface area contributed by atoms with Crippen LogP contribution in [0.15, 0.2) is 28.7 Å². The van der Waals surface area contributed by atoms with Gasteiger partial charge in [-0.1, -0.05) is 17.3 Å². The van der Waals surface area contributed by atoms with Crippen LogP contribution in [0.4, 0.5) is 5.13 Å². The molecular weight excluding hydrogens is 419 g/mol. The Morgan fingerprint density at radius 2 is 2.10 bits per heavy atom. The fraction of sp³-hybridized carbons (Fsp3) is 0.188. The fourth-order valence-corrected chi connectivity index (χ4v) is 3.47. The van der Waals surface area contributed by atoms with Crippen LogP contribution in [0.5, 0.6) is 5.75 Å². The summed E-state index contributed by atoms with van der Waals surface area (Å²) in [6.45, 7) is -0.381. The van der Waals surface area contributed by atoms with Gasteiger partial charge in [0, 0.05) is 5.38 Å². The van der Waals surface area contributed by atoms with Gasteiger partial charge in [-0.15, -0.1) is 11.3 Å². The first kappa shape index (κ1) is 21.1. The molecular formula is C16H15BN4O8S. The maximum Gasteiger partial charge on any atom is 0.547 e. The first-order valence-electron chi connectivity index (χ1n) is 8.44. The van der Waals surface area contributed by atoms with Crippen molar-refractivity contribution in [3.63, 3.8) is 0 Å². The smallest absolute Gasteiger partial charge is 0.534 e. The molecule has 12 nitrogen and oxygen atoms in total. The van der Waals surface area contributed by atoms with Gasteiger partial charge in [-0.2, -0.15) is 0 Å². The SMILES string of the molecule is O=C(O)CNc1nc(C(=NO)C(=O)NC2Cc3cccc(C(=O)O)c3OB2O)cs1. The van der Waals surface area contributed by atoms with E-state index in [1.54, 1.807) is 6.07 Å². The molecule has 0 bridgehead atoms. The predicted octanol–water partition coefficient (Wildman–Crippen LogP) is -0.344. The summed E-state index contributed by atoms with van der Waals surface area (Å²) in [5.74, 6) is -4.11. The van der Waals surface area contributed by atoms with Crippen molar-refractivity contribution in [2.45, 2.75) is 12.4 Å². The number of hydrogen-bond acceptors (Lipinski definition) is 10. The Hall–Kier alpha value is -3.65. The van der Waals surface area contributed by atoms with Crippen LogP contribution in [-0.2, 0) is 16.0 Å². The van der Waals surface area contributed by atoms with Crippen LogP contribution in [0.2, 0.25) is 0 Å². The summed E-state index contributed by atoms with van der Waals surface area (Å²) in [7, 11) is -1.54. The Labute approximate surface area is 173 Å². The van der Waals surface area contributed by atoms with E-state index in [2.05, 4.69) is 20.8 Å². The van der Waals surface area contributed by atoms with Gasteiger partial charge in [0.15, 0.2) is 10.8 Å².